The van der Waals surface area contributed by atoms with Crippen molar-refractivity contribution in [2.75, 3.05) is 6.61 Å². The van der Waals surface area contributed by atoms with Crippen LogP contribution in [0.2, 0.25) is 0 Å². The number of fused-ring (bicyclic) bond motifs is 1. The molecule has 2 aromatic rings. The van der Waals surface area contributed by atoms with Crippen LogP contribution in [0.4, 0.5) is 0 Å². The number of aromatic carboxylic acids is 1. The van der Waals surface area contributed by atoms with Gasteiger partial charge in [-0.3, -0.25) is 4.79 Å². The molecule has 0 atom stereocenters. The average molecular weight is 248 g/mol. The molecule has 0 fully saturated rings. The van der Waals surface area contributed by atoms with Crippen LogP contribution in [0.1, 0.15) is 23.7 Å². The van der Waals surface area contributed by atoms with Crippen LogP contribution in [0, 0.1) is 0 Å². The Labute approximate surface area is 103 Å². The lowest BCUT2D eigenvalue weighted by molar-refractivity contribution is 0.0693. The third kappa shape index (κ3) is 2.20. The van der Waals surface area contributed by atoms with Crippen LogP contribution >= 0.6 is 0 Å². The van der Waals surface area contributed by atoms with Crippen molar-refractivity contribution in [3.05, 3.63) is 40.2 Å². The minimum absolute atomic E-state index is 0.235. The molecule has 0 saturated heterocycles. The second-order valence-electron chi connectivity index (χ2n) is 3.79. The number of hydrogen-bond donors (Lipinski definition) is 1. The lowest BCUT2D eigenvalue weighted by Crippen LogP contribution is -2.14. The van der Waals surface area contributed by atoms with Gasteiger partial charge in [0.1, 0.15) is 23.2 Å². The summed E-state index contributed by atoms with van der Waals surface area (Å²) in [6.45, 7) is 2.56. The maximum atomic E-state index is 11.8. The van der Waals surface area contributed by atoms with E-state index in [0.29, 0.717) is 17.9 Å². The van der Waals surface area contributed by atoms with E-state index < -0.39 is 11.4 Å². The van der Waals surface area contributed by atoms with Gasteiger partial charge in [-0.2, -0.15) is 0 Å². The van der Waals surface area contributed by atoms with E-state index in [2.05, 4.69) is 0 Å². The first-order valence-corrected chi connectivity index (χ1v) is 5.55. The number of carboxylic acid groups (broad SMARTS) is 1. The Morgan fingerprint density at radius 1 is 1.44 bits per heavy atom. The van der Waals surface area contributed by atoms with E-state index >= 15 is 0 Å². The van der Waals surface area contributed by atoms with Crippen molar-refractivity contribution in [2.45, 2.75) is 13.3 Å². The van der Waals surface area contributed by atoms with Gasteiger partial charge in [-0.05, 0) is 18.6 Å². The molecule has 0 aliphatic rings. The van der Waals surface area contributed by atoms with Crippen LogP contribution in [-0.4, -0.2) is 17.7 Å². The third-order valence-corrected chi connectivity index (χ3v) is 2.45. The van der Waals surface area contributed by atoms with E-state index in [-0.39, 0.29) is 10.9 Å². The van der Waals surface area contributed by atoms with Gasteiger partial charge in [0, 0.05) is 6.07 Å². The Bertz CT molecular complexity index is 641. The fourth-order valence-corrected chi connectivity index (χ4v) is 1.57. The van der Waals surface area contributed by atoms with E-state index in [1.807, 2.05) is 6.92 Å². The molecular formula is C13H12O5. The van der Waals surface area contributed by atoms with Gasteiger partial charge in [0.2, 0.25) is 5.43 Å². The average Bonchev–Trinajstić information content (AvgIpc) is 2.36. The number of carboxylic acids is 1. The van der Waals surface area contributed by atoms with E-state index in [9.17, 15) is 9.59 Å². The third-order valence-electron chi connectivity index (χ3n) is 2.45. The molecule has 0 aliphatic carbocycles. The first-order chi connectivity index (χ1) is 8.63. The Morgan fingerprint density at radius 3 is 2.89 bits per heavy atom. The molecule has 0 bridgehead atoms. The quantitative estimate of drug-likeness (QED) is 0.898. The zero-order valence-corrected chi connectivity index (χ0v) is 9.80. The minimum Gasteiger partial charge on any atom is -0.493 e. The van der Waals surface area contributed by atoms with Crippen LogP contribution in [0.3, 0.4) is 0 Å². The van der Waals surface area contributed by atoms with Crippen LogP contribution < -0.4 is 10.2 Å². The van der Waals surface area contributed by atoms with Gasteiger partial charge < -0.3 is 14.3 Å². The zero-order valence-electron chi connectivity index (χ0n) is 9.80. The predicted octanol–water partition coefficient (Wildman–Crippen LogP) is 2.28. The molecule has 18 heavy (non-hydrogen) atoms. The summed E-state index contributed by atoms with van der Waals surface area (Å²) in [5.41, 5.74) is -0.603. The molecule has 1 heterocycles. The van der Waals surface area contributed by atoms with E-state index in [4.69, 9.17) is 14.3 Å². The summed E-state index contributed by atoms with van der Waals surface area (Å²) in [5.74, 6) is -0.701. The largest absolute Gasteiger partial charge is 0.493 e. The molecule has 1 aromatic carbocycles. The molecule has 0 radical (unpaired) electrons. The second kappa shape index (κ2) is 4.91. The number of rotatable bonds is 4. The molecule has 94 valence electrons. The van der Waals surface area contributed by atoms with Gasteiger partial charge in [-0.15, -0.1) is 0 Å². The first-order valence-electron chi connectivity index (χ1n) is 5.55. The fraction of sp³-hybridized carbons (Fsp3) is 0.231. The smallest absolute Gasteiger partial charge is 0.342 e. The zero-order chi connectivity index (χ0) is 13.1. The van der Waals surface area contributed by atoms with Gasteiger partial charge in [0.15, 0.2) is 0 Å². The summed E-state index contributed by atoms with van der Waals surface area (Å²) in [6, 6.07) is 4.72. The predicted molar refractivity (Wildman–Crippen MR) is 65.2 cm³/mol. The number of benzene rings is 1. The highest BCUT2D eigenvalue weighted by atomic mass is 16.5. The van der Waals surface area contributed by atoms with Crippen molar-refractivity contribution in [3.8, 4) is 5.75 Å². The van der Waals surface area contributed by atoms with Gasteiger partial charge in [0.05, 0.1) is 12.0 Å². The van der Waals surface area contributed by atoms with Crippen molar-refractivity contribution in [1.82, 2.24) is 0 Å². The molecule has 2 rings (SSSR count). The van der Waals surface area contributed by atoms with Crippen molar-refractivity contribution in [2.24, 2.45) is 0 Å². The molecule has 5 nitrogen and oxygen atoms in total. The van der Waals surface area contributed by atoms with Crippen molar-refractivity contribution < 1.29 is 19.1 Å². The minimum atomic E-state index is -1.29. The van der Waals surface area contributed by atoms with Crippen molar-refractivity contribution in [1.29, 1.82) is 0 Å². The SMILES string of the molecule is CCCOc1ccc2c(=O)c(C(=O)O)coc2c1. The Balaban J connectivity index is 2.51. The second-order valence-corrected chi connectivity index (χ2v) is 3.79. The molecule has 0 spiro atoms. The van der Waals surface area contributed by atoms with Gasteiger partial charge in [0.25, 0.3) is 0 Å². The Kier molecular flexibility index (Phi) is 3.32. The number of carbonyl (C=O) groups is 1. The monoisotopic (exact) mass is 248 g/mol. The van der Waals surface area contributed by atoms with Gasteiger partial charge in [-0.25, -0.2) is 4.79 Å². The fourth-order valence-electron chi connectivity index (χ4n) is 1.57. The molecule has 0 amide bonds. The van der Waals surface area contributed by atoms with Gasteiger partial charge in [-0.1, -0.05) is 6.92 Å². The first kappa shape index (κ1) is 12.2. The summed E-state index contributed by atoms with van der Waals surface area (Å²) in [6.07, 6.45) is 1.83. The van der Waals surface area contributed by atoms with E-state index in [0.717, 1.165) is 12.7 Å². The van der Waals surface area contributed by atoms with Crippen molar-refractivity contribution >= 4 is 16.9 Å². The van der Waals surface area contributed by atoms with Crippen LogP contribution in [0.25, 0.3) is 11.0 Å². The highest BCUT2D eigenvalue weighted by Gasteiger charge is 2.13. The topological polar surface area (TPSA) is 76.7 Å². The number of hydrogen-bond acceptors (Lipinski definition) is 4. The van der Waals surface area contributed by atoms with Crippen molar-refractivity contribution in [3.63, 3.8) is 0 Å². The molecule has 0 aliphatic heterocycles. The Morgan fingerprint density at radius 2 is 2.22 bits per heavy atom. The number of ether oxygens (including phenoxy) is 1. The van der Waals surface area contributed by atoms with Crippen LogP contribution in [0.5, 0.6) is 5.75 Å². The normalized spacial score (nSPS) is 10.5. The van der Waals surface area contributed by atoms with Crippen LogP contribution in [-0.2, 0) is 0 Å². The molecule has 0 saturated carbocycles. The highest BCUT2D eigenvalue weighted by molar-refractivity contribution is 5.91. The van der Waals surface area contributed by atoms with E-state index in [1.54, 1.807) is 12.1 Å². The summed E-state index contributed by atoms with van der Waals surface area (Å²) in [4.78, 5) is 22.6. The lowest BCUT2D eigenvalue weighted by Gasteiger charge is -2.05. The molecular weight excluding hydrogens is 236 g/mol. The summed E-state index contributed by atoms with van der Waals surface area (Å²) in [7, 11) is 0. The lowest BCUT2D eigenvalue weighted by atomic mass is 10.1. The summed E-state index contributed by atoms with van der Waals surface area (Å²) >= 11 is 0. The van der Waals surface area contributed by atoms with E-state index in [1.165, 1.54) is 6.07 Å². The molecule has 1 N–H and O–H groups in total. The standard InChI is InChI=1S/C13H12O5/c1-2-5-17-8-3-4-9-11(6-8)18-7-10(12(9)14)13(15)16/h3-4,6-7H,2,5H2,1H3,(H,15,16). The highest BCUT2D eigenvalue weighted by Crippen LogP contribution is 2.19. The van der Waals surface area contributed by atoms with Gasteiger partial charge >= 0.3 is 5.97 Å². The van der Waals surface area contributed by atoms with Crippen LogP contribution in [0.15, 0.2) is 33.7 Å². The Hall–Kier alpha value is -2.30. The maximum Gasteiger partial charge on any atom is 0.342 e. The maximum absolute atomic E-state index is 11.8. The molecule has 5 heteroatoms. The summed E-state index contributed by atoms with van der Waals surface area (Å²) in [5, 5.41) is 9.05. The molecule has 1 aromatic heterocycles. The summed E-state index contributed by atoms with van der Waals surface area (Å²) < 4.78 is 10.5. The molecule has 0 unspecified atom stereocenters.